The minimum Gasteiger partial charge on any atom is -0.396 e. The third-order valence-electron chi connectivity index (χ3n) is 3.09. The number of nitrogens with zero attached hydrogens (tertiary/aromatic N) is 1. The molecule has 0 radical (unpaired) electrons. The van der Waals surface area contributed by atoms with E-state index in [2.05, 4.69) is 25.3 Å². The Kier molecular flexibility index (Phi) is 4.63. The topological polar surface area (TPSA) is 23.5 Å². The van der Waals surface area contributed by atoms with Crippen molar-refractivity contribution in [3.8, 4) is 0 Å². The Labute approximate surface area is 87.6 Å². The summed E-state index contributed by atoms with van der Waals surface area (Å²) in [7, 11) is 0. The maximum Gasteiger partial charge on any atom is 0.0468 e. The van der Waals surface area contributed by atoms with Crippen LogP contribution >= 0.6 is 0 Å². The van der Waals surface area contributed by atoms with Crippen molar-refractivity contribution in [2.24, 2.45) is 5.92 Å². The second-order valence-corrected chi connectivity index (χ2v) is 4.67. The Hall–Kier alpha value is -0.340. The molecule has 1 saturated heterocycles. The van der Waals surface area contributed by atoms with Gasteiger partial charge in [-0.15, -0.1) is 0 Å². The zero-order valence-corrected chi connectivity index (χ0v) is 9.50. The fourth-order valence-corrected chi connectivity index (χ4v) is 2.17. The maximum absolute atomic E-state index is 8.78. The van der Waals surface area contributed by atoms with Crippen LogP contribution in [0.5, 0.6) is 0 Å². The van der Waals surface area contributed by atoms with Crippen LogP contribution < -0.4 is 0 Å². The van der Waals surface area contributed by atoms with E-state index in [-0.39, 0.29) is 6.61 Å². The van der Waals surface area contributed by atoms with E-state index >= 15 is 0 Å². The van der Waals surface area contributed by atoms with Gasteiger partial charge in [0.1, 0.15) is 0 Å². The lowest BCUT2D eigenvalue weighted by Crippen LogP contribution is -2.28. The minimum atomic E-state index is 0.249. The van der Waals surface area contributed by atoms with Gasteiger partial charge in [0.25, 0.3) is 0 Å². The SMILES string of the molecule is C=C(CCO)CC1CCN(C(C)C)C1. The molecule has 14 heavy (non-hydrogen) atoms. The van der Waals surface area contributed by atoms with Crippen LogP contribution in [0.2, 0.25) is 0 Å². The second kappa shape index (κ2) is 5.52. The third kappa shape index (κ3) is 3.43. The van der Waals surface area contributed by atoms with Gasteiger partial charge in [-0.25, -0.2) is 0 Å². The van der Waals surface area contributed by atoms with Gasteiger partial charge in [-0.05, 0) is 45.6 Å². The Bertz CT molecular complexity index is 189. The minimum absolute atomic E-state index is 0.249. The van der Waals surface area contributed by atoms with Crippen LogP contribution in [0.15, 0.2) is 12.2 Å². The van der Waals surface area contributed by atoms with Crippen molar-refractivity contribution in [1.29, 1.82) is 0 Å². The summed E-state index contributed by atoms with van der Waals surface area (Å²) in [5.74, 6) is 0.774. The van der Waals surface area contributed by atoms with Crippen molar-refractivity contribution >= 4 is 0 Å². The van der Waals surface area contributed by atoms with Crippen LogP contribution in [0, 0.1) is 5.92 Å². The first-order valence-corrected chi connectivity index (χ1v) is 5.65. The molecule has 1 heterocycles. The first-order chi connectivity index (χ1) is 6.63. The largest absolute Gasteiger partial charge is 0.396 e. The fraction of sp³-hybridized carbons (Fsp3) is 0.833. The van der Waals surface area contributed by atoms with Crippen molar-refractivity contribution in [2.45, 2.75) is 39.2 Å². The van der Waals surface area contributed by atoms with Gasteiger partial charge in [0.2, 0.25) is 0 Å². The summed E-state index contributed by atoms with van der Waals surface area (Å²) in [4.78, 5) is 2.52. The molecule has 1 N–H and O–H groups in total. The highest BCUT2D eigenvalue weighted by atomic mass is 16.2. The molecule has 0 aromatic heterocycles. The van der Waals surface area contributed by atoms with E-state index < -0.39 is 0 Å². The summed E-state index contributed by atoms with van der Waals surface area (Å²) >= 11 is 0. The highest BCUT2D eigenvalue weighted by Gasteiger charge is 2.24. The molecular formula is C12H23NO. The molecular weight excluding hydrogens is 174 g/mol. The zero-order valence-electron chi connectivity index (χ0n) is 9.50. The summed E-state index contributed by atoms with van der Waals surface area (Å²) in [5.41, 5.74) is 1.21. The van der Waals surface area contributed by atoms with Crippen LogP contribution in [0.4, 0.5) is 0 Å². The zero-order chi connectivity index (χ0) is 10.6. The smallest absolute Gasteiger partial charge is 0.0468 e. The van der Waals surface area contributed by atoms with Gasteiger partial charge in [0.05, 0.1) is 0 Å². The molecule has 1 rings (SSSR count). The van der Waals surface area contributed by atoms with Crippen molar-refractivity contribution in [3.63, 3.8) is 0 Å². The number of aliphatic hydroxyl groups is 1. The van der Waals surface area contributed by atoms with Crippen LogP contribution in [-0.4, -0.2) is 35.7 Å². The lowest BCUT2D eigenvalue weighted by atomic mass is 9.98. The molecule has 0 aromatic carbocycles. The maximum atomic E-state index is 8.78. The number of hydrogen-bond donors (Lipinski definition) is 1. The van der Waals surface area contributed by atoms with E-state index in [1.807, 2.05) is 0 Å². The summed E-state index contributed by atoms with van der Waals surface area (Å²) < 4.78 is 0. The molecule has 1 unspecified atom stereocenters. The molecule has 1 aliphatic rings. The lowest BCUT2D eigenvalue weighted by Gasteiger charge is -2.20. The monoisotopic (exact) mass is 197 g/mol. The van der Waals surface area contributed by atoms with E-state index in [0.29, 0.717) is 6.04 Å². The Morgan fingerprint density at radius 1 is 1.57 bits per heavy atom. The van der Waals surface area contributed by atoms with Crippen molar-refractivity contribution in [1.82, 2.24) is 4.90 Å². The first-order valence-electron chi connectivity index (χ1n) is 5.65. The van der Waals surface area contributed by atoms with E-state index in [9.17, 15) is 0 Å². The van der Waals surface area contributed by atoms with Crippen LogP contribution in [-0.2, 0) is 0 Å². The summed E-state index contributed by atoms with van der Waals surface area (Å²) in [6, 6.07) is 0.672. The lowest BCUT2D eigenvalue weighted by molar-refractivity contribution is 0.263. The Balaban J connectivity index is 2.25. The molecule has 0 spiro atoms. The highest BCUT2D eigenvalue weighted by Crippen LogP contribution is 2.24. The normalized spacial score (nSPS) is 23.3. The molecule has 0 aromatic rings. The number of hydrogen-bond acceptors (Lipinski definition) is 2. The molecule has 0 bridgehead atoms. The molecule has 0 saturated carbocycles. The van der Waals surface area contributed by atoms with Crippen molar-refractivity contribution in [3.05, 3.63) is 12.2 Å². The van der Waals surface area contributed by atoms with Gasteiger partial charge in [-0.1, -0.05) is 12.2 Å². The highest BCUT2D eigenvalue weighted by molar-refractivity contribution is 4.97. The Morgan fingerprint density at radius 3 is 2.79 bits per heavy atom. The quantitative estimate of drug-likeness (QED) is 0.682. The average Bonchev–Trinajstić information content (AvgIpc) is 2.53. The molecule has 1 fully saturated rings. The number of rotatable bonds is 5. The predicted octanol–water partition coefficient (Wildman–Crippen LogP) is 2.05. The second-order valence-electron chi connectivity index (χ2n) is 4.67. The van der Waals surface area contributed by atoms with E-state index in [0.717, 1.165) is 18.8 Å². The van der Waals surface area contributed by atoms with Crippen LogP contribution in [0.3, 0.4) is 0 Å². The first kappa shape index (κ1) is 11.7. The standard InChI is InChI=1S/C12H23NO/c1-10(2)13-6-4-12(9-13)8-11(3)5-7-14/h10,12,14H,3-9H2,1-2H3. The van der Waals surface area contributed by atoms with E-state index in [1.165, 1.54) is 25.1 Å². The molecule has 82 valence electrons. The molecule has 1 aliphatic heterocycles. The van der Waals surface area contributed by atoms with Gasteiger partial charge < -0.3 is 10.0 Å². The van der Waals surface area contributed by atoms with Gasteiger partial charge in [0, 0.05) is 19.2 Å². The van der Waals surface area contributed by atoms with Crippen molar-refractivity contribution < 1.29 is 5.11 Å². The van der Waals surface area contributed by atoms with Gasteiger partial charge in [0.15, 0.2) is 0 Å². The van der Waals surface area contributed by atoms with Crippen LogP contribution in [0.1, 0.15) is 33.1 Å². The summed E-state index contributed by atoms with van der Waals surface area (Å²) in [6.07, 6.45) is 3.17. The van der Waals surface area contributed by atoms with E-state index in [4.69, 9.17) is 5.11 Å². The average molecular weight is 197 g/mol. The van der Waals surface area contributed by atoms with Gasteiger partial charge >= 0.3 is 0 Å². The Morgan fingerprint density at radius 2 is 2.29 bits per heavy atom. The molecule has 0 aliphatic carbocycles. The number of likely N-dealkylation sites (tertiary alicyclic amines) is 1. The molecule has 1 atom stereocenters. The molecule has 2 nitrogen and oxygen atoms in total. The van der Waals surface area contributed by atoms with Crippen LogP contribution in [0.25, 0.3) is 0 Å². The molecule has 0 amide bonds. The van der Waals surface area contributed by atoms with Gasteiger partial charge in [-0.2, -0.15) is 0 Å². The third-order valence-corrected chi connectivity index (χ3v) is 3.09. The fourth-order valence-electron chi connectivity index (χ4n) is 2.17. The van der Waals surface area contributed by atoms with Gasteiger partial charge in [-0.3, -0.25) is 0 Å². The summed E-state index contributed by atoms with van der Waals surface area (Å²) in [5, 5.41) is 8.78. The van der Waals surface area contributed by atoms with E-state index in [1.54, 1.807) is 0 Å². The predicted molar refractivity (Wildman–Crippen MR) is 60.3 cm³/mol. The summed E-state index contributed by atoms with van der Waals surface area (Å²) in [6.45, 7) is 11.2. The molecule has 2 heteroatoms. The van der Waals surface area contributed by atoms with Crippen molar-refractivity contribution in [2.75, 3.05) is 19.7 Å². The number of aliphatic hydroxyl groups excluding tert-OH is 1.